The summed E-state index contributed by atoms with van der Waals surface area (Å²) in [6.45, 7) is 1.43. The van der Waals surface area contributed by atoms with Crippen LogP contribution in [-0.4, -0.2) is 59.2 Å². The Labute approximate surface area is 198 Å². The number of piperidine rings is 1. The van der Waals surface area contributed by atoms with Crippen LogP contribution in [-0.2, 0) is 25.6 Å². The minimum Gasteiger partial charge on any atom is -0.469 e. The second-order valence-electron chi connectivity index (χ2n) is 7.27. The van der Waals surface area contributed by atoms with Crippen molar-refractivity contribution in [2.45, 2.75) is 30.7 Å². The number of hydrogen-bond donors (Lipinski definition) is 1. The molecule has 0 amide bonds. The molecule has 7 nitrogen and oxygen atoms in total. The SMILES string of the molecule is COC(=O)CCn1ccc(/C=C2\CN([C@@H](C(=O)OC)c3ccccc3F)CC[C@H]2S)n1.Cl. The predicted molar refractivity (Wildman–Crippen MR) is 124 cm³/mol. The summed E-state index contributed by atoms with van der Waals surface area (Å²) in [7, 11) is 2.66. The molecule has 1 aromatic carbocycles. The summed E-state index contributed by atoms with van der Waals surface area (Å²) in [5.74, 6) is -1.24. The van der Waals surface area contributed by atoms with Gasteiger partial charge in [-0.1, -0.05) is 18.2 Å². The third-order valence-corrected chi connectivity index (χ3v) is 5.85. The smallest absolute Gasteiger partial charge is 0.327 e. The van der Waals surface area contributed by atoms with Crippen LogP contribution in [0.5, 0.6) is 0 Å². The summed E-state index contributed by atoms with van der Waals surface area (Å²) in [6, 6.07) is 7.25. The molecule has 1 aliphatic heterocycles. The van der Waals surface area contributed by atoms with Gasteiger partial charge in [0.25, 0.3) is 0 Å². The topological polar surface area (TPSA) is 73.7 Å². The van der Waals surface area contributed by atoms with E-state index in [9.17, 15) is 14.0 Å². The van der Waals surface area contributed by atoms with Crippen LogP contribution in [0.1, 0.15) is 30.1 Å². The second-order valence-corrected chi connectivity index (χ2v) is 7.89. The molecule has 1 aliphatic rings. The van der Waals surface area contributed by atoms with E-state index in [0.717, 1.165) is 11.3 Å². The molecule has 3 rings (SSSR count). The Morgan fingerprint density at radius 3 is 2.72 bits per heavy atom. The fourth-order valence-corrected chi connectivity index (χ4v) is 3.88. The Bertz CT molecular complexity index is 968. The van der Waals surface area contributed by atoms with Crippen LogP contribution in [0.15, 0.2) is 42.1 Å². The molecule has 0 radical (unpaired) electrons. The fraction of sp³-hybridized carbons (Fsp3) is 0.409. The van der Waals surface area contributed by atoms with Gasteiger partial charge in [0.2, 0.25) is 0 Å². The van der Waals surface area contributed by atoms with Gasteiger partial charge in [-0.2, -0.15) is 17.7 Å². The predicted octanol–water partition coefficient (Wildman–Crippen LogP) is 3.31. The second kappa shape index (κ2) is 12.0. The summed E-state index contributed by atoms with van der Waals surface area (Å²) in [5, 5.41) is 4.46. The molecule has 0 aliphatic carbocycles. The highest BCUT2D eigenvalue weighted by Crippen LogP contribution is 2.31. The molecule has 1 aromatic heterocycles. The number of halogens is 2. The van der Waals surface area contributed by atoms with Crippen molar-refractivity contribution in [1.29, 1.82) is 0 Å². The number of aromatic nitrogens is 2. The maximum Gasteiger partial charge on any atom is 0.327 e. The monoisotopic (exact) mass is 483 g/mol. The van der Waals surface area contributed by atoms with Crippen molar-refractivity contribution in [1.82, 2.24) is 14.7 Å². The van der Waals surface area contributed by atoms with Gasteiger partial charge in [0.15, 0.2) is 0 Å². The standard InChI is InChI=1S/C22H26FN3O4S.ClH/c1-29-20(27)9-12-26-11-7-16(24-26)13-15-14-25(10-8-19(15)31)21(22(28)30-2)17-5-3-4-6-18(17)23;/h3-7,11,13,19,21,31H,8-10,12,14H2,1-2H3;1H/b15-13+;/t19-,21-;/m1./s1. The van der Waals surface area contributed by atoms with Crippen LogP contribution < -0.4 is 0 Å². The maximum atomic E-state index is 14.5. The number of hydrogen-bond acceptors (Lipinski definition) is 7. The van der Waals surface area contributed by atoms with Gasteiger partial charge in [0.05, 0.1) is 32.9 Å². The molecular weight excluding hydrogens is 457 g/mol. The van der Waals surface area contributed by atoms with Gasteiger partial charge in [0, 0.05) is 30.1 Å². The Morgan fingerprint density at radius 1 is 1.28 bits per heavy atom. The van der Waals surface area contributed by atoms with Crippen molar-refractivity contribution in [2.75, 3.05) is 27.3 Å². The molecule has 0 saturated carbocycles. The zero-order chi connectivity index (χ0) is 22.4. The average Bonchev–Trinajstić information content (AvgIpc) is 3.22. The highest BCUT2D eigenvalue weighted by atomic mass is 35.5. The van der Waals surface area contributed by atoms with E-state index < -0.39 is 17.8 Å². The molecule has 0 N–H and O–H groups in total. The van der Waals surface area contributed by atoms with Crippen molar-refractivity contribution in [3.8, 4) is 0 Å². The molecule has 0 bridgehead atoms. The van der Waals surface area contributed by atoms with E-state index in [0.29, 0.717) is 31.6 Å². The number of nitrogens with zero attached hydrogens (tertiary/aromatic N) is 3. The van der Waals surface area contributed by atoms with Gasteiger partial charge in [-0.25, -0.2) is 9.18 Å². The molecule has 1 saturated heterocycles. The minimum atomic E-state index is -0.840. The summed E-state index contributed by atoms with van der Waals surface area (Å²) >= 11 is 4.68. The zero-order valence-electron chi connectivity index (χ0n) is 17.9. The van der Waals surface area contributed by atoms with Crippen molar-refractivity contribution < 1.29 is 23.5 Å². The lowest BCUT2D eigenvalue weighted by atomic mass is 9.97. The van der Waals surface area contributed by atoms with E-state index in [4.69, 9.17) is 4.74 Å². The van der Waals surface area contributed by atoms with Crippen molar-refractivity contribution >= 4 is 43.1 Å². The molecule has 1 fully saturated rings. The Balaban J connectivity index is 0.00000363. The van der Waals surface area contributed by atoms with Crippen LogP contribution in [0.4, 0.5) is 4.39 Å². The largest absolute Gasteiger partial charge is 0.469 e. The number of benzene rings is 1. The first-order valence-corrected chi connectivity index (χ1v) is 10.5. The van der Waals surface area contributed by atoms with Crippen LogP contribution in [0.3, 0.4) is 0 Å². The number of thiol groups is 1. The number of methoxy groups -OCH3 is 2. The Morgan fingerprint density at radius 2 is 2.03 bits per heavy atom. The molecular formula is C22H27ClFN3O4S. The molecule has 2 heterocycles. The van der Waals surface area contributed by atoms with E-state index >= 15 is 0 Å². The Hall–Kier alpha value is -2.36. The first-order valence-electron chi connectivity index (χ1n) is 9.98. The van der Waals surface area contributed by atoms with Gasteiger partial charge in [-0.3, -0.25) is 14.4 Å². The molecule has 2 aromatic rings. The lowest BCUT2D eigenvalue weighted by Crippen LogP contribution is -2.42. The molecule has 0 unspecified atom stereocenters. The summed E-state index contributed by atoms with van der Waals surface area (Å²) < 4.78 is 25.8. The number of carbonyl (C=O) groups is 2. The third kappa shape index (κ3) is 6.34. The number of likely N-dealkylation sites (tertiary alicyclic amines) is 1. The van der Waals surface area contributed by atoms with E-state index in [1.54, 1.807) is 29.1 Å². The fourth-order valence-electron chi connectivity index (χ4n) is 3.61. The number of rotatable bonds is 7. The third-order valence-electron chi connectivity index (χ3n) is 5.26. The molecule has 32 heavy (non-hydrogen) atoms. The maximum absolute atomic E-state index is 14.5. The first-order chi connectivity index (χ1) is 14.9. The Kier molecular flexibility index (Phi) is 9.74. The quantitative estimate of drug-likeness (QED) is 0.481. The van der Waals surface area contributed by atoms with E-state index in [1.165, 1.54) is 20.3 Å². The highest BCUT2D eigenvalue weighted by molar-refractivity contribution is 7.81. The highest BCUT2D eigenvalue weighted by Gasteiger charge is 2.34. The minimum absolute atomic E-state index is 0. The number of ether oxygens (including phenoxy) is 2. The number of esters is 2. The zero-order valence-corrected chi connectivity index (χ0v) is 19.7. The number of carbonyl (C=O) groups excluding carboxylic acids is 2. The number of aryl methyl sites for hydroxylation is 1. The molecule has 2 atom stereocenters. The van der Waals surface area contributed by atoms with Gasteiger partial charge in [-0.05, 0) is 30.2 Å². The van der Waals surface area contributed by atoms with Gasteiger partial charge in [-0.15, -0.1) is 12.4 Å². The molecule has 0 spiro atoms. The average molecular weight is 484 g/mol. The lowest BCUT2D eigenvalue weighted by molar-refractivity contribution is -0.147. The summed E-state index contributed by atoms with van der Waals surface area (Å²) in [5.41, 5.74) is 1.98. The van der Waals surface area contributed by atoms with Crippen molar-refractivity contribution in [3.63, 3.8) is 0 Å². The van der Waals surface area contributed by atoms with Crippen LogP contribution in [0.2, 0.25) is 0 Å². The van der Waals surface area contributed by atoms with Gasteiger partial charge < -0.3 is 9.47 Å². The lowest BCUT2D eigenvalue weighted by Gasteiger charge is -2.36. The van der Waals surface area contributed by atoms with Crippen molar-refractivity contribution in [3.05, 3.63) is 59.2 Å². The molecule has 174 valence electrons. The van der Waals surface area contributed by atoms with E-state index in [-0.39, 0.29) is 30.0 Å². The molecule has 10 heteroatoms. The van der Waals surface area contributed by atoms with Crippen molar-refractivity contribution in [2.24, 2.45) is 0 Å². The van der Waals surface area contributed by atoms with Gasteiger partial charge in [0.1, 0.15) is 11.9 Å². The van der Waals surface area contributed by atoms with E-state index in [1.807, 2.05) is 17.0 Å². The van der Waals surface area contributed by atoms with E-state index in [2.05, 4.69) is 22.5 Å². The van der Waals surface area contributed by atoms with Crippen LogP contribution in [0, 0.1) is 5.82 Å². The van der Waals surface area contributed by atoms with Crippen LogP contribution >= 0.6 is 25.0 Å². The first kappa shape index (κ1) is 25.9. The van der Waals surface area contributed by atoms with Gasteiger partial charge >= 0.3 is 11.9 Å². The summed E-state index contributed by atoms with van der Waals surface area (Å²) in [4.78, 5) is 25.8. The summed E-state index contributed by atoms with van der Waals surface area (Å²) in [6.07, 6.45) is 4.65. The normalized spacial score (nSPS) is 18.6. The van der Waals surface area contributed by atoms with Crippen LogP contribution in [0.25, 0.3) is 6.08 Å².